The van der Waals surface area contributed by atoms with Gasteiger partial charge in [-0.1, -0.05) is 48.5 Å². The first-order valence-electron chi connectivity index (χ1n) is 8.83. The number of nitrogens with one attached hydrogen (secondary N) is 1. The van der Waals surface area contributed by atoms with Gasteiger partial charge in [0.2, 0.25) is 0 Å². The molecule has 0 spiro atoms. The van der Waals surface area contributed by atoms with Crippen molar-refractivity contribution in [2.75, 3.05) is 17.3 Å². The number of anilines is 2. The average Bonchev–Trinajstić information content (AvgIpc) is 3.05. The average molecular weight is 356 g/mol. The van der Waals surface area contributed by atoms with Crippen LogP contribution in [-0.2, 0) is 4.79 Å². The van der Waals surface area contributed by atoms with Crippen LogP contribution in [0.4, 0.5) is 11.4 Å². The number of carbonyl (C=O) groups excluding carboxylic acids is 1. The normalized spacial score (nSPS) is 16.2. The number of methoxy groups -OCH3 is 1. The number of para-hydroxylation sites is 2. The summed E-state index contributed by atoms with van der Waals surface area (Å²) >= 11 is 0. The molecule has 1 heterocycles. The Balaban J connectivity index is 1.74. The summed E-state index contributed by atoms with van der Waals surface area (Å²) in [5.41, 5.74) is 3.31. The highest BCUT2D eigenvalue weighted by Gasteiger charge is 2.34. The number of ether oxygens (including phenoxy) is 1. The second-order valence-corrected chi connectivity index (χ2v) is 6.30. The van der Waals surface area contributed by atoms with E-state index in [0.717, 1.165) is 22.7 Å². The molecular weight excluding hydrogens is 336 g/mol. The maximum atomic E-state index is 13.2. The Morgan fingerprint density at radius 2 is 1.59 bits per heavy atom. The zero-order valence-corrected chi connectivity index (χ0v) is 15.0. The highest BCUT2D eigenvalue weighted by atomic mass is 16.5. The van der Waals surface area contributed by atoms with Gasteiger partial charge < -0.3 is 10.1 Å². The summed E-state index contributed by atoms with van der Waals surface area (Å²) < 4.78 is 5.36. The molecule has 0 aromatic heterocycles. The molecule has 4 heteroatoms. The molecule has 0 aliphatic carbocycles. The van der Waals surface area contributed by atoms with Crippen LogP contribution in [0.1, 0.15) is 11.6 Å². The SMILES string of the molecule is COc1cccc([C@H]2C=C(Nc3ccccc3)C(=O)N2c2ccccc2)c1. The fraction of sp³-hybridized carbons (Fsp3) is 0.0870. The first-order chi connectivity index (χ1) is 13.3. The first kappa shape index (κ1) is 16.9. The lowest BCUT2D eigenvalue weighted by Crippen LogP contribution is -2.30. The van der Waals surface area contributed by atoms with Gasteiger partial charge in [-0.25, -0.2) is 0 Å². The van der Waals surface area contributed by atoms with E-state index in [1.54, 1.807) is 12.0 Å². The summed E-state index contributed by atoms with van der Waals surface area (Å²) in [4.78, 5) is 15.0. The molecule has 1 amide bonds. The molecule has 3 aromatic rings. The van der Waals surface area contributed by atoms with Crippen LogP contribution in [0.15, 0.2) is 96.7 Å². The maximum Gasteiger partial charge on any atom is 0.275 e. The minimum Gasteiger partial charge on any atom is -0.497 e. The van der Waals surface area contributed by atoms with Crippen molar-refractivity contribution in [2.24, 2.45) is 0 Å². The highest BCUT2D eigenvalue weighted by Crippen LogP contribution is 2.36. The molecule has 4 nitrogen and oxygen atoms in total. The molecule has 1 N–H and O–H groups in total. The Morgan fingerprint density at radius 1 is 0.889 bits per heavy atom. The van der Waals surface area contributed by atoms with Crippen LogP contribution in [0, 0.1) is 0 Å². The molecule has 27 heavy (non-hydrogen) atoms. The largest absolute Gasteiger partial charge is 0.497 e. The molecule has 1 aliphatic rings. The minimum atomic E-state index is -0.207. The molecule has 1 aliphatic heterocycles. The van der Waals surface area contributed by atoms with Crippen molar-refractivity contribution in [1.29, 1.82) is 0 Å². The minimum absolute atomic E-state index is 0.0575. The number of carbonyl (C=O) groups is 1. The maximum absolute atomic E-state index is 13.2. The second-order valence-electron chi connectivity index (χ2n) is 6.30. The van der Waals surface area contributed by atoms with Crippen molar-refractivity contribution in [3.8, 4) is 5.75 Å². The Kier molecular flexibility index (Phi) is 4.62. The Labute approximate surface area is 158 Å². The number of nitrogens with zero attached hydrogens (tertiary/aromatic N) is 1. The lowest BCUT2D eigenvalue weighted by molar-refractivity contribution is -0.114. The molecule has 0 saturated heterocycles. The molecule has 1 atom stereocenters. The van der Waals surface area contributed by atoms with Crippen LogP contribution in [0.3, 0.4) is 0 Å². The van der Waals surface area contributed by atoms with E-state index in [0.29, 0.717) is 5.70 Å². The van der Waals surface area contributed by atoms with Gasteiger partial charge >= 0.3 is 0 Å². The van der Waals surface area contributed by atoms with Crippen LogP contribution in [0.25, 0.3) is 0 Å². The van der Waals surface area contributed by atoms with Gasteiger partial charge in [-0.15, -0.1) is 0 Å². The Hall–Kier alpha value is -3.53. The lowest BCUT2D eigenvalue weighted by atomic mass is 10.1. The summed E-state index contributed by atoms with van der Waals surface area (Å²) in [5, 5.41) is 3.26. The fourth-order valence-corrected chi connectivity index (χ4v) is 3.27. The van der Waals surface area contributed by atoms with Gasteiger partial charge in [0.25, 0.3) is 5.91 Å². The van der Waals surface area contributed by atoms with Gasteiger partial charge in [-0.3, -0.25) is 9.69 Å². The zero-order chi connectivity index (χ0) is 18.6. The van der Waals surface area contributed by atoms with E-state index in [1.165, 1.54) is 0 Å². The zero-order valence-electron chi connectivity index (χ0n) is 15.0. The van der Waals surface area contributed by atoms with E-state index in [9.17, 15) is 4.79 Å². The van der Waals surface area contributed by atoms with E-state index in [4.69, 9.17) is 4.74 Å². The number of benzene rings is 3. The van der Waals surface area contributed by atoms with Gasteiger partial charge in [0.05, 0.1) is 13.2 Å². The van der Waals surface area contributed by atoms with Gasteiger partial charge in [0.1, 0.15) is 11.4 Å². The second kappa shape index (κ2) is 7.38. The third-order valence-corrected chi connectivity index (χ3v) is 4.57. The summed E-state index contributed by atoms with van der Waals surface area (Å²) in [7, 11) is 1.64. The smallest absolute Gasteiger partial charge is 0.275 e. The number of hydrogen-bond acceptors (Lipinski definition) is 3. The summed E-state index contributed by atoms with van der Waals surface area (Å²) in [5.74, 6) is 0.712. The van der Waals surface area contributed by atoms with Crippen molar-refractivity contribution in [2.45, 2.75) is 6.04 Å². The molecule has 0 fully saturated rings. The van der Waals surface area contributed by atoms with Crippen LogP contribution in [-0.4, -0.2) is 13.0 Å². The van der Waals surface area contributed by atoms with Crippen molar-refractivity contribution in [1.82, 2.24) is 0 Å². The molecule has 0 bridgehead atoms. The monoisotopic (exact) mass is 356 g/mol. The Bertz CT molecular complexity index is 968. The van der Waals surface area contributed by atoms with Crippen molar-refractivity contribution in [3.63, 3.8) is 0 Å². The van der Waals surface area contributed by atoms with Crippen molar-refractivity contribution in [3.05, 3.63) is 102 Å². The fourth-order valence-electron chi connectivity index (χ4n) is 3.27. The Morgan fingerprint density at radius 3 is 2.30 bits per heavy atom. The van der Waals surface area contributed by atoms with E-state index < -0.39 is 0 Å². The highest BCUT2D eigenvalue weighted by molar-refractivity contribution is 6.11. The summed E-state index contributed by atoms with van der Waals surface area (Å²) in [6.07, 6.45) is 1.97. The van der Waals surface area contributed by atoms with E-state index in [2.05, 4.69) is 5.32 Å². The predicted molar refractivity (Wildman–Crippen MR) is 108 cm³/mol. The van der Waals surface area contributed by atoms with Crippen molar-refractivity contribution >= 4 is 17.3 Å². The third-order valence-electron chi connectivity index (χ3n) is 4.57. The molecule has 134 valence electrons. The van der Waals surface area contributed by atoms with E-state index >= 15 is 0 Å². The molecule has 4 rings (SSSR count). The number of amides is 1. The number of rotatable bonds is 5. The van der Waals surface area contributed by atoms with Crippen molar-refractivity contribution < 1.29 is 9.53 Å². The predicted octanol–water partition coefficient (Wildman–Crippen LogP) is 4.78. The molecular formula is C23H20N2O2. The van der Waals surface area contributed by atoms with Gasteiger partial charge in [0, 0.05) is 11.4 Å². The van der Waals surface area contributed by atoms with Crippen LogP contribution < -0.4 is 15.0 Å². The standard InChI is InChI=1S/C23H20N2O2/c1-27-20-14-8-9-17(15-20)22-16-21(24-18-10-4-2-5-11-18)23(26)25(22)19-12-6-3-7-13-19/h2-16,22,24H,1H3/t22-/m1/s1. The van der Waals surface area contributed by atoms with Crippen LogP contribution in [0.5, 0.6) is 5.75 Å². The summed E-state index contributed by atoms with van der Waals surface area (Å²) in [6.45, 7) is 0. The van der Waals surface area contributed by atoms with Gasteiger partial charge in [-0.05, 0) is 48.0 Å². The van der Waals surface area contributed by atoms with Gasteiger partial charge in [-0.2, -0.15) is 0 Å². The molecule has 0 radical (unpaired) electrons. The molecule has 0 unspecified atom stereocenters. The lowest BCUT2D eigenvalue weighted by Gasteiger charge is -2.25. The summed E-state index contributed by atoms with van der Waals surface area (Å²) in [6, 6.07) is 27.1. The molecule has 3 aromatic carbocycles. The topological polar surface area (TPSA) is 41.6 Å². The molecule has 0 saturated carbocycles. The third kappa shape index (κ3) is 3.42. The van der Waals surface area contributed by atoms with E-state index in [1.807, 2.05) is 91.0 Å². The van der Waals surface area contributed by atoms with E-state index in [-0.39, 0.29) is 11.9 Å². The van der Waals surface area contributed by atoms with Crippen LogP contribution in [0.2, 0.25) is 0 Å². The van der Waals surface area contributed by atoms with Gasteiger partial charge in [0.15, 0.2) is 0 Å². The van der Waals surface area contributed by atoms with Crippen LogP contribution >= 0.6 is 0 Å². The quantitative estimate of drug-likeness (QED) is 0.715. The first-order valence-corrected chi connectivity index (χ1v) is 8.83. The number of hydrogen-bond donors (Lipinski definition) is 1.